The summed E-state index contributed by atoms with van der Waals surface area (Å²) in [7, 11) is 0. The third-order valence-electron chi connectivity index (χ3n) is 4.32. The minimum atomic E-state index is 0.143. The van der Waals surface area contributed by atoms with Crippen molar-refractivity contribution in [2.24, 2.45) is 0 Å². The number of rotatable bonds is 1. The molecular weight excluding hydrogens is 236 g/mol. The van der Waals surface area contributed by atoms with E-state index in [1.54, 1.807) is 0 Å². The number of amides is 2. The van der Waals surface area contributed by atoms with Gasteiger partial charge in [0.2, 0.25) is 0 Å². The van der Waals surface area contributed by atoms with Crippen LogP contribution in [0.2, 0.25) is 0 Å². The maximum absolute atomic E-state index is 12.2. The fraction of sp³-hybridized carbons (Fsp3) is 0.562. The fourth-order valence-corrected chi connectivity index (χ4v) is 3.18. The summed E-state index contributed by atoms with van der Waals surface area (Å²) >= 11 is 0. The van der Waals surface area contributed by atoms with Crippen molar-refractivity contribution in [1.29, 1.82) is 0 Å². The van der Waals surface area contributed by atoms with Gasteiger partial charge in [-0.25, -0.2) is 4.79 Å². The minimum Gasteiger partial charge on any atom is -0.335 e. The van der Waals surface area contributed by atoms with E-state index in [-0.39, 0.29) is 6.03 Å². The van der Waals surface area contributed by atoms with Gasteiger partial charge in [-0.15, -0.1) is 0 Å². The van der Waals surface area contributed by atoms with Crippen LogP contribution in [0.4, 0.5) is 4.79 Å². The lowest BCUT2D eigenvalue weighted by molar-refractivity contribution is 0.181. The molecule has 2 amide bonds. The molecule has 1 unspecified atom stereocenters. The van der Waals surface area contributed by atoms with Crippen molar-refractivity contribution in [3.05, 3.63) is 35.4 Å². The summed E-state index contributed by atoms with van der Waals surface area (Å²) in [5.74, 6) is 0. The highest BCUT2D eigenvalue weighted by Gasteiger charge is 2.23. The first-order valence-corrected chi connectivity index (χ1v) is 7.45. The summed E-state index contributed by atoms with van der Waals surface area (Å²) in [6.45, 7) is 1.85. The molecular formula is C16H22N2O. The van der Waals surface area contributed by atoms with Crippen LogP contribution in [0.3, 0.4) is 0 Å². The Balaban J connectivity index is 1.58. The van der Waals surface area contributed by atoms with Crippen molar-refractivity contribution in [3.8, 4) is 0 Å². The highest BCUT2D eigenvalue weighted by atomic mass is 16.2. The van der Waals surface area contributed by atoms with Crippen LogP contribution in [0.25, 0.3) is 0 Å². The molecule has 102 valence electrons. The van der Waals surface area contributed by atoms with Gasteiger partial charge in [-0.05, 0) is 49.7 Å². The third kappa shape index (κ3) is 2.91. The van der Waals surface area contributed by atoms with Crippen molar-refractivity contribution in [3.63, 3.8) is 0 Å². The number of nitrogens with one attached hydrogen (secondary N) is 1. The summed E-state index contributed by atoms with van der Waals surface area (Å²) < 4.78 is 0. The molecule has 0 saturated carbocycles. The third-order valence-corrected chi connectivity index (χ3v) is 4.32. The van der Waals surface area contributed by atoms with Crippen LogP contribution in [-0.4, -0.2) is 30.1 Å². The van der Waals surface area contributed by atoms with E-state index in [1.165, 1.54) is 17.5 Å². The zero-order valence-electron chi connectivity index (χ0n) is 11.4. The number of likely N-dealkylation sites (tertiary alicyclic amines) is 1. The van der Waals surface area contributed by atoms with Crippen LogP contribution in [0.1, 0.15) is 36.8 Å². The first-order chi connectivity index (χ1) is 9.33. The molecule has 1 aromatic rings. The monoisotopic (exact) mass is 258 g/mol. The SMILES string of the molecule is O=C(NC1CCc2ccccc2C1)N1CCCCC1. The lowest BCUT2D eigenvalue weighted by Crippen LogP contribution is -2.48. The Morgan fingerprint density at radius 3 is 2.63 bits per heavy atom. The first kappa shape index (κ1) is 12.5. The lowest BCUT2D eigenvalue weighted by Gasteiger charge is -2.31. The number of carbonyl (C=O) groups excluding carboxylic acids is 1. The molecule has 1 aliphatic heterocycles. The Morgan fingerprint density at radius 2 is 1.84 bits per heavy atom. The van der Waals surface area contributed by atoms with Gasteiger partial charge in [0.15, 0.2) is 0 Å². The number of urea groups is 1. The number of piperidine rings is 1. The zero-order chi connectivity index (χ0) is 13.1. The Bertz CT molecular complexity index is 452. The molecule has 0 spiro atoms. The fourth-order valence-electron chi connectivity index (χ4n) is 3.18. The number of fused-ring (bicyclic) bond motifs is 1. The van der Waals surface area contributed by atoms with E-state index < -0.39 is 0 Å². The Hall–Kier alpha value is -1.51. The van der Waals surface area contributed by atoms with Crippen molar-refractivity contribution >= 4 is 6.03 Å². The van der Waals surface area contributed by atoms with E-state index in [0.29, 0.717) is 6.04 Å². The predicted octanol–water partition coefficient (Wildman–Crippen LogP) is 2.74. The molecule has 19 heavy (non-hydrogen) atoms. The second kappa shape index (κ2) is 5.64. The van der Waals surface area contributed by atoms with Gasteiger partial charge in [-0.3, -0.25) is 0 Å². The molecule has 1 saturated heterocycles. The molecule has 0 bridgehead atoms. The van der Waals surface area contributed by atoms with E-state index in [0.717, 1.165) is 45.2 Å². The molecule has 1 N–H and O–H groups in total. The molecule has 2 aliphatic rings. The van der Waals surface area contributed by atoms with Gasteiger partial charge in [-0.2, -0.15) is 0 Å². The first-order valence-electron chi connectivity index (χ1n) is 7.45. The van der Waals surface area contributed by atoms with Crippen LogP contribution in [-0.2, 0) is 12.8 Å². The molecule has 3 heteroatoms. The van der Waals surface area contributed by atoms with Crippen LogP contribution in [0.5, 0.6) is 0 Å². The largest absolute Gasteiger partial charge is 0.335 e. The lowest BCUT2D eigenvalue weighted by atomic mass is 9.88. The average Bonchev–Trinajstić information content (AvgIpc) is 2.48. The Kier molecular flexibility index (Phi) is 3.72. The maximum Gasteiger partial charge on any atom is 0.317 e. The number of hydrogen-bond acceptors (Lipinski definition) is 1. The highest BCUT2D eigenvalue weighted by Crippen LogP contribution is 2.21. The summed E-state index contributed by atoms with van der Waals surface area (Å²) in [5.41, 5.74) is 2.85. The smallest absolute Gasteiger partial charge is 0.317 e. The van der Waals surface area contributed by atoms with E-state index in [2.05, 4.69) is 29.6 Å². The summed E-state index contributed by atoms with van der Waals surface area (Å²) in [5, 5.41) is 3.22. The molecule has 3 rings (SSSR count). The van der Waals surface area contributed by atoms with Crippen molar-refractivity contribution in [1.82, 2.24) is 10.2 Å². The normalized spacial score (nSPS) is 22.7. The number of hydrogen-bond donors (Lipinski definition) is 1. The van der Waals surface area contributed by atoms with E-state index in [9.17, 15) is 4.79 Å². The van der Waals surface area contributed by atoms with Crippen LogP contribution >= 0.6 is 0 Å². The maximum atomic E-state index is 12.2. The Morgan fingerprint density at radius 1 is 1.11 bits per heavy atom. The highest BCUT2D eigenvalue weighted by molar-refractivity contribution is 5.74. The molecule has 0 radical (unpaired) electrons. The van der Waals surface area contributed by atoms with Crippen LogP contribution in [0, 0.1) is 0 Å². The minimum absolute atomic E-state index is 0.143. The summed E-state index contributed by atoms with van der Waals surface area (Å²) in [6, 6.07) is 9.04. The van der Waals surface area contributed by atoms with Crippen molar-refractivity contribution < 1.29 is 4.79 Å². The summed E-state index contributed by atoms with van der Waals surface area (Å²) in [6.07, 6.45) is 6.70. The van der Waals surface area contributed by atoms with E-state index in [1.807, 2.05) is 4.90 Å². The molecule has 1 heterocycles. The number of carbonyl (C=O) groups is 1. The molecule has 1 aromatic carbocycles. The summed E-state index contributed by atoms with van der Waals surface area (Å²) in [4.78, 5) is 14.2. The van der Waals surface area contributed by atoms with Gasteiger partial charge in [-0.1, -0.05) is 24.3 Å². The molecule has 1 atom stereocenters. The Labute approximate surface area is 115 Å². The topological polar surface area (TPSA) is 32.3 Å². The number of benzene rings is 1. The van der Waals surface area contributed by atoms with Gasteiger partial charge in [0, 0.05) is 19.1 Å². The average molecular weight is 258 g/mol. The van der Waals surface area contributed by atoms with E-state index in [4.69, 9.17) is 0 Å². The second-order valence-corrected chi connectivity index (χ2v) is 5.71. The van der Waals surface area contributed by atoms with Gasteiger partial charge < -0.3 is 10.2 Å². The van der Waals surface area contributed by atoms with Crippen molar-refractivity contribution in [2.45, 2.75) is 44.6 Å². The van der Waals surface area contributed by atoms with E-state index >= 15 is 0 Å². The van der Waals surface area contributed by atoms with Crippen LogP contribution < -0.4 is 5.32 Å². The number of aryl methyl sites for hydroxylation is 1. The van der Waals surface area contributed by atoms with Gasteiger partial charge in [0.05, 0.1) is 0 Å². The molecule has 3 nitrogen and oxygen atoms in total. The predicted molar refractivity (Wildman–Crippen MR) is 76.2 cm³/mol. The van der Waals surface area contributed by atoms with Crippen LogP contribution in [0.15, 0.2) is 24.3 Å². The number of nitrogens with zero attached hydrogens (tertiary/aromatic N) is 1. The standard InChI is InChI=1S/C16H22N2O/c19-16(18-10-4-1-5-11-18)17-15-9-8-13-6-2-3-7-14(13)12-15/h2-3,6-7,15H,1,4-5,8-12H2,(H,17,19). The van der Waals surface area contributed by atoms with Gasteiger partial charge in [0.25, 0.3) is 0 Å². The zero-order valence-corrected chi connectivity index (χ0v) is 11.4. The molecule has 0 aromatic heterocycles. The van der Waals surface area contributed by atoms with Crippen molar-refractivity contribution in [2.75, 3.05) is 13.1 Å². The molecule has 1 fully saturated rings. The van der Waals surface area contributed by atoms with Gasteiger partial charge >= 0.3 is 6.03 Å². The van der Waals surface area contributed by atoms with Gasteiger partial charge in [0.1, 0.15) is 0 Å². The molecule has 1 aliphatic carbocycles. The second-order valence-electron chi connectivity index (χ2n) is 5.71. The quantitative estimate of drug-likeness (QED) is 0.825.